The van der Waals surface area contributed by atoms with Gasteiger partial charge in [0.2, 0.25) is 17.6 Å². The molecule has 45 heavy (non-hydrogen) atoms. The van der Waals surface area contributed by atoms with Crippen molar-refractivity contribution in [2.75, 3.05) is 12.0 Å². The summed E-state index contributed by atoms with van der Waals surface area (Å²) < 4.78 is 10.8. The monoisotopic (exact) mass is 752 g/mol. The van der Waals surface area contributed by atoms with Crippen LogP contribution in [0.1, 0.15) is 40.5 Å². The number of esters is 1. The van der Waals surface area contributed by atoms with Crippen LogP contribution < -0.4 is 9.64 Å². The number of halogens is 3. The predicted octanol–water partition coefficient (Wildman–Crippen LogP) is 7.42. The Labute approximate surface area is 281 Å². The number of amides is 2. The van der Waals surface area contributed by atoms with E-state index in [2.05, 4.69) is 31.9 Å². The van der Waals surface area contributed by atoms with Gasteiger partial charge in [-0.1, -0.05) is 67.7 Å². The summed E-state index contributed by atoms with van der Waals surface area (Å²) in [6.45, 7) is 1.52. The number of methoxy groups -OCH3 is 1. The highest BCUT2D eigenvalue weighted by Crippen LogP contribution is 2.44. The van der Waals surface area contributed by atoms with E-state index >= 15 is 0 Å². The van der Waals surface area contributed by atoms with Gasteiger partial charge in [-0.05, 0) is 68.3 Å². The molecule has 1 aliphatic carbocycles. The van der Waals surface area contributed by atoms with Gasteiger partial charge in [0.05, 0.1) is 46.4 Å². The first kappa shape index (κ1) is 31.4. The molecule has 2 heterocycles. The molecule has 1 aliphatic heterocycles. The van der Waals surface area contributed by atoms with Gasteiger partial charge in [-0.15, -0.1) is 0 Å². The fourth-order valence-electron chi connectivity index (χ4n) is 5.93. The van der Waals surface area contributed by atoms with E-state index in [4.69, 9.17) is 26.1 Å². The quantitative estimate of drug-likeness (QED) is 0.0838. The van der Waals surface area contributed by atoms with Crippen molar-refractivity contribution in [2.24, 2.45) is 11.8 Å². The Balaban J connectivity index is 1.28. The molecule has 0 N–H and O–H groups in total. The third kappa shape index (κ3) is 5.91. The number of ether oxygens (including phenoxy) is 2. The predicted molar refractivity (Wildman–Crippen MR) is 179 cm³/mol. The summed E-state index contributed by atoms with van der Waals surface area (Å²) >= 11 is 13.8. The first-order valence-electron chi connectivity index (χ1n) is 14.3. The van der Waals surface area contributed by atoms with E-state index in [1.54, 1.807) is 72.8 Å². The number of para-hydroxylation sites is 1. The zero-order valence-corrected chi connectivity index (χ0v) is 28.1. The van der Waals surface area contributed by atoms with Crippen LogP contribution in [0.15, 0.2) is 72.8 Å². The number of nitrogens with zero attached hydrogens (tertiary/aromatic N) is 2. The number of benzene rings is 3. The summed E-state index contributed by atoms with van der Waals surface area (Å²) in [7, 11) is 1.54. The highest BCUT2D eigenvalue weighted by molar-refractivity contribution is 9.12. The molecule has 1 saturated carbocycles. The molecule has 5 unspecified atom stereocenters. The minimum absolute atomic E-state index is 0.119. The standard InChI is InChI=1S/C34H27Br2ClN2O6/c1-17(31(40)19-8-12-21(44-2)13-9-19)45-34(43)25-16-29(38-30-22(25)4-3-5-28(30)37)18-6-10-20(11-7-18)39-32(41)23-14-26(35)27(36)15-24(23)33(39)42/h3-13,16-17,23-24,26-27H,14-15H2,1-2H3. The molecular formula is C34H27Br2ClN2O6. The molecule has 1 aromatic heterocycles. The van der Waals surface area contributed by atoms with E-state index in [1.165, 1.54) is 18.9 Å². The van der Waals surface area contributed by atoms with E-state index in [1.807, 2.05) is 0 Å². The second kappa shape index (κ2) is 12.7. The Kier molecular flexibility index (Phi) is 8.83. The number of ketones is 1. The van der Waals surface area contributed by atoms with E-state index in [0.717, 1.165) is 0 Å². The maximum absolute atomic E-state index is 13.5. The van der Waals surface area contributed by atoms with Crippen LogP contribution in [0.2, 0.25) is 5.02 Å². The van der Waals surface area contributed by atoms with Gasteiger partial charge in [-0.2, -0.15) is 0 Å². The number of anilines is 1. The molecular weight excluding hydrogens is 728 g/mol. The number of alkyl halides is 2. The molecule has 0 bridgehead atoms. The van der Waals surface area contributed by atoms with Crippen LogP contribution in [0.5, 0.6) is 5.75 Å². The molecule has 6 rings (SSSR count). The Morgan fingerprint density at radius 1 is 0.933 bits per heavy atom. The van der Waals surface area contributed by atoms with Gasteiger partial charge in [0, 0.05) is 26.2 Å². The Morgan fingerprint density at radius 3 is 2.16 bits per heavy atom. The van der Waals surface area contributed by atoms with E-state index in [0.29, 0.717) is 57.0 Å². The highest BCUT2D eigenvalue weighted by atomic mass is 79.9. The zero-order chi connectivity index (χ0) is 32.0. The number of carbonyl (C=O) groups is 4. The summed E-state index contributed by atoms with van der Waals surface area (Å²) in [5, 5.41) is 0.816. The molecule has 3 aromatic carbocycles. The number of rotatable bonds is 7. The lowest BCUT2D eigenvalue weighted by atomic mass is 9.81. The zero-order valence-electron chi connectivity index (χ0n) is 24.2. The van der Waals surface area contributed by atoms with Gasteiger partial charge in [-0.25, -0.2) is 9.78 Å². The smallest absolute Gasteiger partial charge is 0.339 e. The molecule has 5 atom stereocenters. The first-order chi connectivity index (χ1) is 21.6. The number of fused-ring (bicyclic) bond motifs is 2. The summed E-state index contributed by atoms with van der Waals surface area (Å²) in [5.74, 6) is -1.56. The Bertz CT molecular complexity index is 1800. The van der Waals surface area contributed by atoms with Crippen LogP contribution in [0, 0.1) is 11.8 Å². The lowest BCUT2D eigenvalue weighted by Gasteiger charge is -2.29. The van der Waals surface area contributed by atoms with Crippen molar-refractivity contribution in [3.8, 4) is 17.0 Å². The van der Waals surface area contributed by atoms with Crippen LogP contribution in [-0.4, -0.2) is 51.4 Å². The van der Waals surface area contributed by atoms with Gasteiger partial charge in [0.1, 0.15) is 5.75 Å². The summed E-state index contributed by atoms with van der Waals surface area (Å²) in [4.78, 5) is 59.3. The maximum atomic E-state index is 13.5. The third-order valence-corrected chi connectivity index (χ3v) is 11.4. The molecule has 4 aromatic rings. The molecule has 0 radical (unpaired) electrons. The maximum Gasteiger partial charge on any atom is 0.339 e. The Morgan fingerprint density at radius 2 is 1.56 bits per heavy atom. The molecule has 2 fully saturated rings. The van der Waals surface area contributed by atoms with E-state index < -0.39 is 12.1 Å². The summed E-state index contributed by atoms with van der Waals surface area (Å²) in [6, 6.07) is 20.1. The molecule has 1 saturated heterocycles. The van der Waals surface area contributed by atoms with Gasteiger partial charge in [0.25, 0.3) is 0 Å². The molecule has 8 nitrogen and oxygen atoms in total. The van der Waals surface area contributed by atoms with Crippen molar-refractivity contribution in [1.29, 1.82) is 0 Å². The van der Waals surface area contributed by atoms with Crippen molar-refractivity contribution in [1.82, 2.24) is 4.98 Å². The van der Waals surface area contributed by atoms with Crippen LogP contribution in [0.4, 0.5) is 5.69 Å². The normalized spacial score (nSPS) is 21.8. The summed E-state index contributed by atoms with van der Waals surface area (Å²) in [5.41, 5.74) is 2.51. The van der Waals surface area contributed by atoms with E-state index in [9.17, 15) is 19.2 Å². The largest absolute Gasteiger partial charge is 0.497 e. The molecule has 11 heteroatoms. The fourth-order valence-corrected chi connectivity index (χ4v) is 7.38. The van der Waals surface area contributed by atoms with Crippen LogP contribution in [0.25, 0.3) is 22.2 Å². The number of Topliss-reactive ketones (excluding diaryl/α,β-unsaturated/α-hetero) is 1. The number of hydrogen-bond acceptors (Lipinski definition) is 7. The second-order valence-electron chi connectivity index (χ2n) is 11.1. The van der Waals surface area contributed by atoms with Crippen LogP contribution in [0.3, 0.4) is 0 Å². The first-order valence-corrected chi connectivity index (χ1v) is 16.5. The SMILES string of the molecule is COc1ccc(C(=O)C(C)OC(=O)c2cc(-c3ccc(N4C(=O)C5CC(Br)C(Br)CC5C4=O)cc3)nc3c(Cl)cccc23)cc1. The van der Waals surface area contributed by atoms with Crippen molar-refractivity contribution in [3.05, 3.63) is 88.9 Å². The van der Waals surface area contributed by atoms with Gasteiger partial charge in [-0.3, -0.25) is 19.3 Å². The van der Waals surface area contributed by atoms with Crippen molar-refractivity contribution < 1.29 is 28.7 Å². The topological polar surface area (TPSA) is 103 Å². The van der Waals surface area contributed by atoms with Crippen LogP contribution >= 0.6 is 43.5 Å². The third-order valence-electron chi connectivity index (χ3n) is 8.37. The molecule has 230 valence electrons. The van der Waals surface area contributed by atoms with E-state index in [-0.39, 0.29) is 44.7 Å². The Hall–Kier alpha value is -3.60. The lowest BCUT2D eigenvalue weighted by molar-refractivity contribution is -0.122. The average molecular weight is 755 g/mol. The van der Waals surface area contributed by atoms with Gasteiger partial charge in [0.15, 0.2) is 6.10 Å². The van der Waals surface area contributed by atoms with Gasteiger partial charge >= 0.3 is 5.97 Å². The number of aromatic nitrogens is 1. The van der Waals surface area contributed by atoms with Crippen molar-refractivity contribution >= 4 is 83.6 Å². The highest BCUT2D eigenvalue weighted by Gasteiger charge is 2.52. The average Bonchev–Trinajstić information content (AvgIpc) is 3.28. The number of imide groups is 1. The molecule has 0 spiro atoms. The number of pyridine rings is 1. The van der Waals surface area contributed by atoms with Crippen LogP contribution in [-0.2, 0) is 14.3 Å². The number of hydrogen-bond donors (Lipinski definition) is 0. The minimum atomic E-state index is -1.06. The number of carbonyl (C=O) groups excluding carboxylic acids is 4. The summed E-state index contributed by atoms with van der Waals surface area (Å²) in [6.07, 6.45) is 0.116. The van der Waals surface area contributed by atoms with Crippen molar-refractivity contribution in [2.45, 2.75) is 35.5 Å². The lowest BCUT2D eigenvalue weighted by Crippen LogP contribution is -2.34. The molecule has 2 aliphatic rings. The second-order valence-corrected chi connectivity index (χ2v) is 13.9. The van der Waals surface area contributed by atoms with Gasteiger partial charge < -0.3 is 9.47 Å². The molecule has 2 amide bonds. The van der Waals surface area contributed by atoms with Crippen molar-refractivity contribution in [3.63, 3.8) is 0 Å². The minimum Gasteiger partial charge on any atom is -0.497 e. The fraction of sp³-hybridized carbons (Fsp3) is 0.265.